The Hall–Kier alpha value is -2.89. The van der Waals surface area contributed by atoms with Crippen LogP contribution in [-0.2, 0) is 11.2 Å². The summed E-state index contributed by atoms with van der Waals surface area (Å²) in [6, 6.07) is 14.5. The molecule has 1 saturated heterocycles. The van der Waals surface area contributed by atoms with Crippen LogP contribution in [0, 0.1) is 17.0 Å². The van der Waals surface area contributed by atoms with Gasteiger partial charge in [-0.3, -0.25) is 14.9 Å². The van der Waals surface area contributed by atoms with Crippen LogP contribution in [0.5, 0.6) is 0 Å². The molecule has 0 atom stereocenters. The van der Waals surface area contributed by atoms with Crippen molar-refractivity contribution in [1.29, 1.82) is 0 Å². The molecule has 25 heavy (non-hydrogen) atoms. The lowest BCUT2D eigenvalue weighted by atomic mass is 10.1. The van der Waals surface area contributed by atoms with E-state index in [1.807, 2.05) is 36.1 Å². The van der Waals surface area contributed by atoms with E-state index in [2.05, 4.69) is 4.90 Å². The second kappa shape index (κ2) is 7.34. The van der Waals surface area contributed by atoms with Gasteiger partial charge < -0.3 is 9.80 Å². The predicted octanol–water partition coefficient (Wildman–Crippen LogP) is 2.79. The normalized spacial score (nSPS) is 14.4. The van der Waals surface area contributed by atoms with Crippen LogP contribution in [0.2, 0.25) is 0 Å². The van der Waals surface area contributed by atoms with Gasteiger partial charge in [-0.05, 0) is 30.2 Å². The lowest BCUT2D eigenvalue weighted by Crippen LogP contribution is -2.49. The van der Waals surface area contributed by atoms with Gasteiger partial charge in [-0.15, -0.1) is 0 Å². The van der Waals surface area contributed by atoms with Gasteiger partial charge in [-0.25, -0.2) is 0 Å². The lowest BCUT2D eigenvalue weighted by molar-refractivity contribution is -0.384. The number of nitrogens with zero attached hydrogens (tertiary/aromatic N) is 3. The average Bonchev–Trinajstić information content (AvgIpc) is 2.64. The number of piperazine rings is 1. The number of aryl methyl sites for hydroxylation is 1. The highest BCUT2D eigenvalue weighted by Gasteiger charge is 2.22. The predicted molar refractivity (Wildman–Crippen MR) is 96.8 cm³/mol. The molecule has 3 rings (SSSR count). The van der Waals surface area contributed by atoms with E-state index in [0.29, 0.717) is 19.5 Å². The molecule has 0 unspecified atom stereocenters. The van der Waals surface area contributed by atoms with Gasteiger partial charge in [0.15, 0.2) is 0 Å². The van der Waals surface area contributed by atoms with Crippen LogP contribution >= 0.6 is 0 Å². The maximum atomic E-state index is 12.5. The van der Waals surface area contributed by atoms with Crippen molar-refractivity contribution in [1.82, 2.24) is 4.90 Å². The van der Waals surface area contributed by atoms with Crippen LogP contribution < -0.4 is 4.90 Å². The van der Waals surface area contributed by atoms with Gasteiger partial charge in [0.25, 0.3) is 5.69 Å². The summed E-state index contributed by atoms with van der Waals surface area (Å²) in [6.45, 7) is 4.83. The van der Waals surface area contributed by atoms with Crippen molar-refractivity contribution in [3.05, 3.63) is 69.8 Å². The number of carbonyl (C=O) groups is 1. The molecule has 0 bridgehead atoms. The first-order valence-electron chi connectivity index (χ1n) is 8.36. The van der Waals surface area contributed by atoms with E-state index in [1.165, 1.54) is 12.1 Å². The molecule has 6 nitrogen and oxygen atoms in total. The fourth-order valence-corrected chi connectivity index (χ4v) is 3.08. The summed E-state index contributed by atoms with van der Waals surface area (Å²) in [5.74, 6) is 0.151. The first kappa shape index (κ1) is 17.0. The third-order valence-electron chi connectivity index (χ3n) is 4.66. The average molecular weight is 339 g/mol. The minimum atomic E-state index is -0.397. The van der Waals surface area contributed by atoms with Crippen LogP contribution in [0.1, 0.15) is 11.1 Å². The summed E-state index contributed by atoms with van der Waals surface area (Å²) in [7, 11) is 0. The molecular formula is C19H21N3O3. The fourth-order valence-electron chi connectivity index (χ4n) is 3.08. The Morgan fingerprint density at radius 2 is 1.68 bits per heavy atom. The number of amides is 1. The van der Waals surface area contributed by atoms with E-state index in [-0.39, 0.29) is 11.6 Å². The number of hydrogen-bond acceptors (Lipinski definition) is 4. The van der Waals surface area contributed by atoms with Crippen molar-refractivity contribution in [2.45, 2.75) is 13.3 Å². The second-order valence-electron chi connectivity index (χ2n) is 6.24. The van der Waals surface area contributed by atoms with Gasteiger partial charge >= 0.3 is 0 Å². The maximum Gasteiger partial charge on any atom is 0.269 e. The van der Waals surface area contributed by atoms with E-state index in [1.54, 1.807) is 12.1 Å². The van der Waals surface area contributed by atoms with Crippen molar-refractivity contribution in [3.8, 4) is 0 Å². The number of nitro benzene ring substituents is 1. The number of carbonyl (C=O) groups excluding carboxylic acids is 1. The molecule has 1 aliphatic rings. The van der Waals surface area contributed by atoms with Gasteiger partial charge in [-0.2, -0.15) is 0 Å². The molecule has 0 saturated carbocycles. The van der Waals surface area contributed by atoms with E-state index in [4.69, 9.17) is 0 Å². The van der Waals surface area contributed by atoms with Crippen LogP contribution in [0.4, 0.5) is 11.4 Å². The molecule has 0 aromatic heterocycles. The Labute approximate surface area is 146 Å². The molecule has 0 aliphatic carbocycles. The third kappa shape index (κ3) is 3.96. The smallest absolute Gasteiger partial charge is 0.269 e. The molecule has 6 heteroatoms. The Kier molecular flexibility index (Phi) is 4.97. The summed E-state index contributed by atoms with van der Waals surface area (Å²) >= 11 is 0. The fraction of sp³-hybridized carbons (Fsp3) is 0.316. The summed E-state index contributed by atoms with van der Waals surface area (Å²) in [5, 5.41) is 10.7. The first-order valence-corrected chi connectivity index (χ1v) is 8.36. The maximum absolute atomic E-state index is 12.5. The minimum Gasteiger partial charge on any atom is -0.368 e. The quantitative estimate of drug-likeness (QED) is 0.634. The Bertz CT molecular complexity index is 766. The Balaban J connectivity index is 1.57. The number of anilines is 1. The molecule has 0 N–H and O–H groups in total. The summed E-state index contributed by atoms with van der Waals surface area (Å²) in [4.78, 5) is 26.9. The van der Waals surface area contributed by atoms with E-state index in [9.17, 15) is 14.9 Å². The van der Waals surface area contributed by atoms with Crippen LogP contribution in [0.15, 0.2) is 48.5 Å². The summed E-state index contributed by atoms with van der Waals surface area (Å²) in [5.41, 5.74) is 3.26. The number of benzene rings is 2. The Morgan fingerprint density at radius 1 is 1.04 bits per heavy atom. The SMILES string of the molecule is Cc1ccccc1CC(=O)N1CCN(c2ccc([N+](=O)[O-])cc2)CC1. The third-order valence-corrected chi connectivity index (χ3v) is 4.66. The highest BCUT2D eigenvalue weighted by molar-refractivity contribution is 5.79. The highest BCUT2D eigenvalue weighted by atomic mass is 16.6. The van der Waals surface area contributed by atoms with E-state index in [0.717, 1.165) is 29.9 Å². The van der Waals surface area contributed by atoms with Crippen molar-refractivity contribution < 1.29 is 9.72 Å². The molecule has 0 spiro atoms. The molecule has 2 aromatic carbocycles. The number of hydrogen-bond donors (Lipinski definition) is 0. The van der Waals surface area contributed by atoms with E-state index < -0.39 is 4.92 Å². The largest absolute Gasteiger partial charge is 0.368 e. The summed E-state index contributed by atoms with van der Waals surface area (Å²) < 4.78 is 0. The lowest BCUT2D eigenvalue weighted by Gasteiger charge is -2.36. The van der Waals surface area contributed by atoms with Crippen LogP contribution in [0.25, 0.3) is 0 Å². The van der Waals surface area contributed by atoms with Crippen LogP contribution in [0.3, 0.4) is 0 Å². The zero-order valence-electron chi connectivity index (χ0n) is 14.2. The molecule has 1 fully saturated rings. The zero-order valence-corrected chi connectivity index (χ0v) is 14.2. The topological polar surface area (TPSA) is 66.7 Å². The monoisotopic (exact) mass is 339 g/mol. The van der Waals surface area contributed by atoms with Crippen LogP contribution in [-0.4, -0.2) is 41.9 Å². The van der Waals surface area contributed by atoms with Crippen molar-refractivity contribution in [3.63, 3.8) is 0 Å². The minimum absolute atomic E-state index is 0.0933. The summed E-state index contributed by atoms with van der Waals surface area (Å²) in [6.07, 6.45) is 0.435. The molecule has 1 aliphatic heterocycles. The molecule has 1 amide bonds. The highest BCUT2D eigenvalue weighted by Crippen LogP contribution is 2.21. The molecule has 2 aromatic rings. The number of nitro groups is 1. The number of rotatable bonds is 4. The molecule has 1 heterocycles. The second-order valence-corrected chi connectivity index (χ2v) is 6.24. The van der Waals surface area contributed by atoms with Gasteiger partial charge in [0.05, 0.1) is 11.3 Å². The van der Waals surface area contributed by atoms with Crippen molar-refractivity contribution in [2.24, 2.45) is 0 Å². The standard InChI is InChI=1S/C19H21N3O3/c1-15-4-2-3-5-16(15)14-19(23)21-12-10-20(11-13-21)17-6-8-18(9-7-17)22(24)25/h2-9H,10-14H2,1H3. The molecule has 0 radical (unpaired) electrons. The molecular weight excluding hydrogens is 318 g/mol. The van der Waals surface area contributed by atoms with Gasteiger partial charge in [0.1, 0.15) is 0 Å². The Morgan fingerprint density at radius 3 is 2.28 bits per heavy atom. The zero-order chi connectivity index (χ0) is 17.8. The van der Waals surface area contributed by atoms with Gasteiger partial charge in [0, 0.05) is 44.0 Å². The van der Waals surface area contributed by atoms with E-state index >= 15 is 0 Å². The van der Waals surface area contributed by atoms with Crippen molar-refractivity contribution >= 4 is 17.3 Å². The first-order chi connectivity index (χ1) is 12.0. The van der Waals surface area contributed by atoms with Gasteiger partial charge in [0.2, 0.25) is 5.91 Å². The molecule has 130 valence electrons. The van der Waals surface area contributed by atoms with Crippen molar-refractivity contribution in [2.75, 3.05) is 31.1 Å². The number of non-ortho nitro benzene ring substituents is 1. The van der Waals surface area contributed by atoms with Gasteiger partial charge in [-0.1, -0.05) is 24.3 Å².